The van der Waals surface area contributed by atoms with Gasteiger partial charge in [-0.05, 0) is 173 Å². The van der Waals surface area contributed by atoms with Crippen molar-refractivity contribution in [3.05, 3.63) is 46.1 Å². The molecular weight excluding hydrogens is 1110 g/mol. The second kappa shape index (κ2) is 23.8. The summed E-state index contributed by atoms with van der Waals surface area (Å²) in [7, 11) is 0. The van der Waals surface area contributed by atoms with Crippen LogP contribution >= 0.6 is 0 Å². The van der Waals surface area contributed by atoms with Gasteiger partial charge in [0.1, 0.15) is 0 Å². The standard InChI is InChI=1S/C66H92N2O18/c1-31-55(81-33(3)69)57(83-35(5)71)59(85-37(7)73)61(79-31)77-23-21-39-15-19-45-43-17-13-41-25-47-49(27-65(41,11)53(43)51(75)29-63(39,45)9)67-48-26-42-14-18-44-46-20-16-40(64(46,10)30-52(76)54(44)66(42,12)28-50(48)68-47)22-24-78-62-60(86-38(8)74)58(84-36(6)72)56(32(2)80-62)82-34(4)70/h21-22,31-32,41-46,51-62,75-76H,13-20,23-30H2,1-12H3/b39-21+,40-22+/t31-,32-,41-,42-,43-,44-,45-,46-,51-,52-,53+,54+,55-,56-,57+,58+,59+,60+,61+,62+,63+,64+,65-,66-/m0/s1. The molecule has 86 heavy (non-hydrogen) atoms. The molecule has 1 aromatic rings. The number of fused-ring (bicyclic) bond motifs is 12. The number of aliphatic hydroxyl groups excluding tert-OH is 2. The molecule has 10 aliphatic rings. The van der Waals surface area contributed by atoms with Crippen molar-refractivity contribution in [3.63, 3.8) is 0 Å². The molecule has 0 amide bonds. The normalized spacial score (nSPS) is 44.6. The fourth-order valence-electron chi connectivity index (χ4n) is 20.0. The van der Waals surface area contributed by atoms with Crippen molar-refractivity contribution < 1.29 is 86.3 Å². The van der Waals surface area contributed by atoms with Crippen molar-refractivity contribution in [2.75, 3.05) is 13.2 Å². The van der Waals surface area contributed by atoms with Crippen LogP contribution in [0.2, 0.25) is 0 Å². The third kappa shape index (κ3) is 11.3. The van der Waals surface area contributed by atoms with Crippen molar-refractivity contribution in [1.29, 1.82) is 0 Å². The summed E-state index contributed by atoms with van der Waals surface area (Å²) in [5.74, 6) is -1.37. The Morgan fingerprint density at radius 1 is 0.488 bits per heavy atom. The van der Waals surface area contributed by atoms with E-state index in [9.17, 15) is 39.0 Å². The molecule has 8 aliphatic carbocycles. The summed E-state index contributed by atoms with van der Waals surface area (Å²) in [6, 6.07) is 0. The predicted molar refractivity (Wildman–Crippen MR) is 305 cm³/mol. The molecule has 474 valence electrons. The van der Waals surface area contributed by atoms with E-state index in [4.69, 9.17) is 57.3 Å². The maximum Gasteiger partial charge on any atom is 0.303 e. The number of hydrogen-bond acceptors (Lipinski definition) is 20. The van der Waals surface area contributed by atoms with Crippen LogP contribution in [-0.2, 0) is 102 Å². The Kier molecular flexibility index (Phi) is 17.4. The highest BCUT2D eigenvalue weighted by atomic mass is 16.7. The van der Waals surface area contributed by atoms with Crippen LogP contribution in [0.15, 0.2) is 23.3 Å². The summed E-state index contributed by atoms with van der Waals surface area (Å²) in [6.07, 6.45) is 5.26. The first kappa shape index (κ1) is 62.7. The second-order valence-electron chi connectivity index (χ2n) is 28.4. The lowest BCUT2D eigenvalue weighted by molar-refractivity contribution is -0.298. The highest BCUT2D eigenvalue weighted by Crippen LogP contribution is 2.69. The lowest BCUT2D eigenvalue weighted by Gasteiger charge is -2.62. The number of aliphatic hydroxyl groups is 2. The van der Waals surface area contributed by atoms with E-state index in [0.29, 0.717) is 48.3 Å². The van der Waals surface area contributed by atoms with Crippen LogP contribution in [0, 0.1) is 69.0 Å². The minimum atomic E-state index is -1.18. The van der Waals surface area contributed by atoms with Gasteiger partial charge in [-0.1, -0.05) is 51.0 Å². The average Bonchev–Trinajstić information content (AvgIpc) is 1.19. The molecule has 0 spiro atoms. The molecule has 6 saturated carbocycles. The number of hydrogen-bond donors (Lipinski definition) is 2. The first-order valence-electron chi connectivity index (χ1n) is 31.8. The quantitative estimate of drug-likeness (QED) is 0.118. The molecule has 2 saturated heterocycles. The number of ether oxygens (including phenoxy) is 10. The lowest BCUT2D eigenvalue weighted by Crippen LogP contribution is -2.61. The molecule has 0 bridgehead atoms. The smallest absolute Gasteiger partial charge is 0.303 e. The van der Waals surface area contributed by atoms with Gasteiger partial charge in [-0.15, -0.1) is 0 Å². The first-order chi connectivity index (χ1) is 40.6. The van der Waals surface area contributed by atoms with Crippen molar-refractivity contribution in [2.45, 2.75) is 247 Å². The predicted octanol–water partition coefficient (Wildman–Crippen LogP) is 7.30. The maximum absolute atomic E-state index is 12.6. The SMILES string of the molecule is CC(=O)O[C@@H]1[C@@H](OC(C)=O)[C@H](C)O[C@@H](OC/C=C2\CC[C@H]3[C@@H]4CC[C@H]5Cc6nc7c(nc6C[C@]5(C)[C@H]4[C@@H](O)C[C@]23C)C[C@@H]2CC[C@@H]3[C@H]([C@@H](O)C[C@]4(C)/C(=C/CO[C@@H]5O[C@@H](C)[C@H](OC(C)=O)[C@@H](OC(C)=O)[C@H]5OC(C)=O)CC[C@@H]34)[C@@]2(C)C7)[C@@H]1OC(C)=O. The number of carbonyl (C=O) groups is 6. The molecule has 2 N–H and O–H groups in total. The molecule has 0 radical (unpaired) electrons. The van der Waals surface area contributed by atoms with E-state index in [0.717, 1.165) is 99.8 Å². The summed E-state index contributed by atoms with van der Waals surface area (Å²) < 4.78 is 58.4. The summed E-state index contributed by atoms with van der Waals surface area (Å²) in [6.45, 7) is 20.6. The van der Waals surface area contributed by atoms with E-state index >= 15 is 0 Å². The van der Waals surface area contributed by atoms with Crippen LogP contribution in [0.4, 0.5) is 0 Å². The summed E-state index contributed by atoms with van der Waals surface area (Å²) in [5, 5.41) is 25.2. The Labute approximate surface area is 505 Å². The van der Waals surface area contributed by atoms with Crippen LogP contribution in [0.25, 0.3) is 0 Å². The fraction of sp³-hybridized carbons (Fsp3) is 0.788. The van der Waals surface area contributed by atoms with Gasteiger partial charge in [0.15, 0.2) is 49.2 Å². The van der Waals surface area contributed by atoms with Crippen molar-refractivity contribution in [3.8, 4) is 0 Å². The highest BCUT2D eigenvalue weighted by molar-refractivity contribution is 5.69. The van der Waals surface area contributed by atoms with Gasteiger partial charge in [0.2, 0.25) is 0 Å². The van der Waals surface area contributed by atoms with Gasteiger partial charge in [-0.3, -0.25) is 38.7 Å². The molecule has 2 aliphatic heterocycles. The second-order valence-corrected chi connectivity index (χ2v) is 28.4. The van der Waals surface area contributed by atoms with Gasteiger partial charge in [-0.25, -0.2) is 0 Å². The minimum Gasteiger partial charge on any atom is -0.456 e. The Morgan fingerprint density at radius 3 is 1.17 bits per heavy atom. The van der Waals surface area contributed by atoms with E-state index in [1.54, 1.807) is 13.8 Å². The number of esters is 6. The van der Waals surface area contributed by atoms with Gasteiger partial charge < -0.3 is 57.6 Å². The van der Waals surface area contributed by atoms with Gasteiger partial charge in [0.05, 0.1) is 60.4 Å². The minimum absolute atomic E-state index is 0.111. The zero-order valence-electron chi connectivity index (χ0n) is 52.3. The van der Waals surface area contributed by atoms with Crippen LogP contribution < -0.4 is 0 Å². The van der Waals surface area contributed by atoms with Gasteiger partial charge in [0, 0.05) is 41.5 Å². The van der Waals surface area contributed by atoms with E-state index < -0.39 is 109 Å². The topological polar surface area (TPSA) is 261 Å². The molecule has 11 rings (SSSR count). The lowest BCUT2D eigenvalue weighted by atomic mass is 9.44. The number of nitrogens with zero attached hydrogens (tertiary/aromatic N) is 2. The summed E-state index contributed by atoms with van der Waals surface area (Å²) in [4.78, 5) is 84.6. The number of allylic oxidation sites excluding steroid dienone is 2. The average molecular weight is 1200 g/mol. The van der Waals surface area contributed by atoms with Gasteiger partial charge in [0.25, 0.3) is 0 Å². The van der Waals surface area contributed by atoms with Crippen LogP contribution in [0.5, 0.6) is 0 Å². The molecule has 3 heterocycles. The van der Waals surface area contributed by atoms with E-state index in [-0.39, 0.29) is 46.7 Å². The van der Waals surface area contributed by atoms with Crippen molar-refractivity contribution in [1.82, 2.24) is 9.97 Å². The maximum atomic E-state index is 12.6. The summed E-state index contributed by atoms with van der Waals surface area (Å²) >= 11 is 0. The van der Waals surface area contributed by atoms with E-state index in [1.165, 1.54) is 52.7 Å². The highest BCUT2D eigenvalue weighted by Gasteiger charge is 2.65. The molecule has 0 aromatic carbocycles. The van der Waals surface area contributed by atoms with Crippen LogP contribution in [-0.4, -0.2) is 143 Å². The Bertz CT molecular complexity index is 2700. The van der Waals surface area contributed by atoms with Crippen LogP contribution in [0.3, 0.4) is 0 Å². The number of rotatable bonds is 12. The molecule has 24 atom stereocenters. The number of carbonyl (C=O) groups excluding carboxylic acids is 6. The molecule has 20 heteroatoms. The van der Waals surface area contributed by atoms with Crippen molar-refractivity contribution in [2.24, 2.45) is 69.0 Å². The Balaban J connectivity index is 0.753. The van der Waals surface area contributed by atoms with Gasteiger partial charge in [-0.2, -0.15) is 0 Å². The van der Waals surface area contributed by atoms with Gasteiger partial charge >= 0.3 is 35.8 Å². The Hall–Kier alpha value is -4.86. The third-order valence-corrected chi connectivity index (χ3v) is 23.3. The fourth-order valence-corrected chi connectivity index (χ4v) is 20.0. The molecule has 1 aromatic heterocycles. The zero-order chi connectivity index (χ0) is 61.7. The Morgan fingerprint density at radius 2 is 0.826 bits per heavy atom. The van der Waals surface area contributed by atoms with E-state index in [1.807, 2.05) is 0 Å². The van der Waals surface area contributed by atoms with Crippen molar-refractivity contribution >= 4 is 35.8 Å². The molecule has 8 fully saturated rings. The van der Waals surface area contributed by atoms with E-state index in [2.05, 4.69) is 39.8 Å². The molecular formula is C66H92N2O18. The largest absolute Gasteiger partial charge is 0.456 e. The number of aromatic nitrogens is 2. The summed E-state index contributed by atoms with van der Waals surface area (Å²) in [5.41, 5.74) is 6.06. The molecule has 20 nitrogen and oxygen atoms in total. The third-order valence-electron chi connectivity index (χ3n) is 23.3. The molecule has 0 unspecified atom stereocenters. The monoisotopic (exact) mass is 1200 g/mol. The first-order valence-corrected chi connectivity index (χ1v) is 31.8. The zero-order valence-corrected chi connectivity index (χ0v) is 52.3. The van der Waals surface area contributed by atoms with Crippen LogP contribution in [0.1, 0.15) is 170 Å².